The molecule has 1 aromatic heterocycles. The summed E-state index contributed by atoms with van der Waals surface area (Å²) in [5.41, 5.74) is 1.39. The molecule has 1 heterocycles. The zero-order chi connectivity index (χ0) is 14.9. The Morgan fingerprint density at radius 1 is 1.18 bits per heavy atom. The van der Waals surface area contributed by atoms with Crippen LogP contribution in [-0.2, 0) is 6.42 Å². The molecule has 1 unspecified atom stereocenters. The van der Waals surface area contributed by atoms with Crippen molar-refractivity contribution in [1.29, 1.82) is 0 Å². The van der Waals surface area contributed by atoms with E-state index in [-0.39, 0.29) is 12.4 Å². The van der Waals surface area contributed by atoms with Crippen molar-refractivity contribution in [3.8, 4) is 5.88 Å². The van der Waals surface area contributed by atoms with E-state index in [4.69, 9.17) is 16.3 Å². The molecule has 0 radical (unpaired) electrons. The molecule has 0 aliphatic heterocycles. The molecule has 0 spiro atoms. The monoisotopic (exact) mass is 340 g/mol. The van der Waals surface area contributed by atoms with Crippen LogP contribution < -0.4 is 22.5 Å². The third-order valence-electron chi connectivity index (χ3n) is 3.27. The normalized spacial score (nSPS) is 11.5. The number of nitrogens with zero attached hydrogens (tertiary/aromatic N) is 1. The first kappa shape index (κ1) is 18.8. The van der Waals surface area contributed by atoms with Crippen LogP contribution in [0.5, 0.6) is 5.88 Å². The summed E-state index contributed by atoms with van der Waals surface area (Å²) in [5.74, 6) is 0.636. The number of pyridine rings is 1. The first-order valence-corrected chi connectivity index (χ1v) is 7.73. The van der Waals surface area contributed by atoms with Gasteiger partial charge in [-0.25, -0.2) is 4.98 Å². The number of rotatable bonds is 8. The van der Waals surface area contributed by atoms with Gasteiger partial charge in [-0.2, -0.15) is 0 Å². The smallest absolute Gasteiger partial charge is 0.213 e. The van der Waals surface area contributed by atoms with Crippen LogP contribution in [0.25, 0.3) is 0 Å². The SMILES string of the molecule is CC(Cc1ccccc1)[NH2+]CCCOc1ccc(Cl)cn1.[Cl-]. The Bertz CT molecular complexity index is 520. The third-order valence-corrected chi connectivity index (χ3v) is 3.49. The van der Waals surface area contributed by atoms with Gasteiger partial charge in [0.05, 0.1) is 24.2 Å². The van der Waals surface area contributed by atoms with E-state index in [1.807, 2.05) is 0 Å². The zero-order valence-corrected chi connectivity index (χ0v) is 14.2. The van der Waals surface area contributed by atoms with E-state index in [1.165, 1.54) is 5.56 Å². The van der Waals surface area contributed by atoms with Crippen LogP contribution >= 0.6 is 11.6 Å². The first-order valence-electron chi connectivity index (χ1n) is 7.35. The van der Waals surface area contributed by atoms with Crippen LogP contribution in [0.4, 0.5) is 0 Å². The minimum absolute atomic E-state index is 0. The van der Waals surface area contributed by atoms with E-state index in [1.54, 1.807) is 18.3 Å². The number of hydrogen-bond donors (Lipinski definition) is 1. The number of aromatic nitrogens is 1. The van der Waals surface area contributed by atoms with E-state index >= 15 is 0 Å². The number of quaternary nitrogens is 1. The summed E-state index contributed by atoms with van der Waals surface area (Å²) in [6.45, 7) is 4.00. The maximum atomic E-state index is 5.77. The van der Waals surface area contributed by atoms with E-state index in [9.17, 15) is 0 Å². The zero-order valence-electron chi connectivity index (χ0n) is 12.7. The molecule has 1 aromatic carbocycles. The molecule has 0 amide bonds. The average Bonchev–Trinajstić information content (AvgIpc) is 2.50. The van der Waals surface area contributed by atoms with Crippen molar-refractivity contribution in [2.45, 2.75) is 25.8 Å². The summed E-state index contributed by atoms with van der Waals surface area (Å²) in [5, 5.41) is 3.00. The van der Waals surface area contributed by atoms with Gasteiger partial charge in [-0.05, 0) is 18.6 Å². The molecule has 0 saturated heterocycles. The van der Waals surface area contributed by atoms with Gasteiger partial charge in [-0.3, -0.25) is 0 Å². The predicted octanol–water partition coefficient (Wildman–Crippen LogP) is -0.297. The summed E-state index contributed by atoms with van der Waals surface area (Å²) in [7, 11) is 0. The lowest BCUT2D eigenvalue weighted by atomic mass is 10.1. The van der Waals surface area contributed by atoms with Gasteiger partial charge in [-0.1, -0.05) is 41.9 Å². The van der Waals surface area contributed by atoms with E-state index in [0.29, 0.717) is 23.6 Å². The third kappa shape index (κ3) is 7.12. The minimum Gasteiger partial charge on any atom is -1.00 e. The van der Waals surface area contributed by atoms with Gasteiger partial charge >= 0.3 is 0 Å². The highest BCUT2D eigenvalue weighted by atomic mass is 35.5. The van der Waals surface area contributed by atoms with Gasteiger partial charge in [0, 0.05) is 25.1 Å². The fraction of sp³-hybridized carbons (Fsp3) is 0.353. The van der Waals surface area contributed by atoms with Crippen molar-refractivity contribution in [2.75, 3.05) is 13.2 Å². The number of hydrogen-bond acceptors (Lipinski definition) is 2. The van der Waals surface area contributed by atoms with Crippen LogP contribution in [0.3, 0.4) is 0 Å². The Labute approximate surface area is 143 Å². The van der Waals surface area contributed by atoms with Crippen molar-refractivity contribution in [3.05, 3.63) is 59.2 Å². The lowest BCUT2D eigenvalue weighted by Gasteiger charge is -2.11. The van der Waals surface area contributed by atoms with E-state index < -0.39 is 0 Å². The van der Waals surface area contributed by atoms with Crippen LogP contribution in [0.2, 0.25) is 5.02 Å². The molecular weight excluding hydrogens is 319 g/mol. The molecule has 0 bridgehead atoms. The quantitative estimate of drug-likeness (QED) is 0.670. The Kier molecular flexibility index (Phi) is 8.90. The molecule has 3 nitrogen and oxygen atoms in total. The van der Waals surface area contributed by atoms with Crippen LogP contribution in [0.15, 0.2) is 48.7 Å². The van der Waals surface area contributed by atoms with Crippen LogP contribution in [-0.4, -0.2) is 24.2 Å². The number of benzene rings is 1. The largest absolute Gasteiger partial charge is 1.00 e. The van der Waals surface area contributed by atoms with Crippen LogP contribution in [0.1, 0.15) is 18.9 Å². The maximum absolute atomic E-state index is 5.77. The van der Waals surface area contributed by atoms with Crippen molar-refractivity contribution in [3.63, 3.8) is 0 Å². The van der Waals surface area contributed by atoms with Gasteiger partial charge in [0.15, 0.2) is 0 Å². The highest BCUT2D eigenvalue weighted by Gasteiger charge is 2.05. The summed E-state index contributed by atoms with van der Waals surface area (Å²) in [6, 6.07) is 14.8. The second-order valence-corrected chi connectivity index (χ2v) is 5.64. The summed E-state index contributed by atoms with van der Waals surface area (Å²) in [6.07, 6.45) is 3.70. The van der Waals surface area contributed by atoms with E-state index in [0.717, 1.165) is 19.4 Å². The van der Waals surface area contributed by atoms with Crippen molar-refractivity contribution in [1.82, 2.24) is 4.98 Å². The first-order chi connectivity index (χ1) is 10.2. The number of ether oxygens (including phenoxy) is 1. The molecule has 2 aromatic rings. The Morgan fingerprint density at radius 2 is 1.95 bits per heavy atom. The topological polar surface area (TPSA) is 38.7 Å². The molecule has 120 valence electrons. The Morgan fingerprint density at radius 3 is 2.64 bits per heavy atom. The Balaban J connectivity index is 0.00000242. The van der Waals surface area contributed by atoms with Gasteiger partial charge in [0.2, 0.25) is 5.88 Å². The molecule has 22 heavy (non-hydrogen) atoms. The highest BCUT2D eigenvalue weighted by molar-refractivity contribution is 6.30. The van der Waals surface area contributed by atoms with E-state index in [2.05, 4.69) is 47.6 Å². The van der Waals surface area contributed by atoms with Crippen LogP contribution in [0, 0.1) is 0 Å². The van der Waals surface area contributed by atoms with Gasteiger partial charge in [-0.15, -0.1) is 0 Å². The van der Waals surface area contributed by atoms with Gasteiger partial charge < -0.3 is 22.5 Å². The molecule has 0 fully saturated rings. The molecule has 0 aliphatic carbocycles. The summed E-state index contributed by atoms with van der Waals surface area (Å²) in [4.78, 5) is 4.10. The molecule has 2 N–H and O–H groups in total. The molecule has 0 saturated carbocycles. The molecule has 5 heteroatoms. The maximum Gasteiger partial charge on any atom is 0.213 e. The summed E-state index contributed by atoms with van der Waals surface area (Å²) < 4.78 is 5.57. The lowest BCUT2D eigenvalue weighted by Crippen LogP contribution is -3.00. The Hall–Kier alpha value is -1.29. The fourth-order valence-electron chi connectivity index (χ4n) is 2.18. The highest BCUT2D eigenvalue weighted by Crippen LogP contribution is 2.11. The summed E-state index contributed by atoms with van der Waals surface area (Å²) >= 11 is 5.77. The van der Waals surface area contributed by atoms with Crippen molar-refractivity contribution < 1.29 is 22.5 Å². The second kappa shape index (κ2) is 10.4. The van der Waals surface area contributed by atoms with Gasteiger partial charge in [0.1, 0.15) is 0 Å². The molecule has 0 aliphatic rings. The van der Waals surface area contributed by atoms with Crippen molar-refractivity contribution in [2.24, 2.45) is 0 Å². The van der Waals surface area contributed by atoms with Crippen molar-refractivity contribution >= 4 is 11.6 Å². The second-order valence-electron chi connectivity index (χ2n) is 5.21. The number of halogens is 2. The fourth-order valence-corrected chi connectivity index (χ4v) is 2.29. The molecule has 2 rings (SSSR count). The average molecular weight is 341 g/mol. The molecule has 1 atom stereocenters. The molecular formula is C17H22Cl2N2O. The standard InChI is InChI=1S/C17H21ClN2O.ClH/c1-14(12-15-6-3-2-4-7-15)19-10-5-11-21-17-9-8-16(18)13-20-17;/h2-4,6-9,13-14,19H,5,10-12H2,1H3;1H. The lowest BCUT2D eigenvalue weighted by molar-refractivity contribution is -0.686. The van der Waals surface area contributed by atoms with Gasteiger partial charge in [0.25, 0.3) is 0 Å². The number of nitrogens with two attached hydrogens (primary N) is 1. The predicted molar refractivity (Wildman–Crippen MR) is 85.8 cm³/mol. The minimum atomic E-state index is 0.